The van der Waals surface area contributed by atoms with Crippen molar-refractivity contribution in [1.82, 2.24) is 19.5 Å². The van der Waals surface area contributed by atoms with Crippen molar-refractivity contribution >= 4 is 21.1 Å². The van der Waals surface area contributed by atoms with Crippen LogP contribution in [0.15, 0.2) is 23.4 Å². The number of aromatic amines is 1. The van der Waals surface area contributed by atoms with Gasteiger partial charge in [-0.15, -0.1) is 0 Å². The summed E-state index contributed by atoms with van der Waals surface area (Å²) in [6.45, 7) is 2.68. The summed E-state index contributed by atoms with van der Waals surface area (Å²) < 4.78 is 32.7. The highest BCUT2D eigenvalue weighted by Gasteiger charge is 2.38. The summed E-state index contributed by atoms with van der Waals surface area (Å²) in [5.74, 6) is 0.880. The largest absolute Gasteiger partial charge is 0.381 e. The van der Waals surface area contributed by atoms with Crippen molar-refractivity contribution in [2.24, 2.45) is 11.8 Å². The van der Waals surface area contributed by atoms with Crippen LogP contribution in [0.3, 0.4) is 0 Å². The predicted octanol–water partition coefficient (Wildman–Crippen LogP) is 1.00. The average molecular weight is 322 g/mol. The van der Waals surface area contributed by atoms with E-state index in [1.165, 1.54) is 0 Å². The Morgan fingerprint density at radius 1 is 1.32 bits per heavy atom. The first-order valence-corrected chi connectivity index (χ1v) is 8.97. The monoisotopic (exact) mass is 322 g/mol. The first-order chi connectivity index (χ1) is 10.7. The maximum absolute atomic E-state index is 12.9. The minimum Gasteiger partial charge on any atom is -0.381 e. The van der Waals surface area contributed by atoms with Gasteiger partial charge < -0.3 is 4.74 Å². The summed E-state index contributed by atoms with van der Waals surface area (Å²) in [6.07, 6.45) is 3.54. The molecule has 7 nitrogen and oxygen atoms in total. The van der Waals surface area contributed by atoms with Gasteiger partial charge in [-0.05, 0) is 36.8 Å². The van der Waals surface area contributed by atoms with Crippen LogP contribution >= 0.6 is 0 Å². The molecule has 22 heavy (non-hydrogen) atoms. The molecule has 2 aromatic rings. The second-order valence-corrected chi connectivity index (χ2v) is 7.84. The molecule has 4 heterocycles. The number of ether oxygens (including phenoxy) is 1. The molecule has 0 bridgehead atoms. The van der Waals surface area contributed by atoms with Gasteiger partial charge in [-0.1, -0.05) is 0 Å². The van der Waals surface area contributed by atoms with Crippen molar-refractivity contribution in [3.05, 3.63) is 18.3 Å². The topological polar surface area (TPSA) is 88.2 Å². The van der Waals surface area contributed by atoms with Gasteiger partial charge in [0.05, 0.1) is 5.39 Å². The molecule has 0 spiro atoms. The van der Waals surface area contributed by atoms with E-state index in [2.05, 4.69) is 15.2 Å². The Bertz CT molecular complexity index is 782. The van der Waals surface area contributed by atoms with Crippen molar-refractivity contribution in [2.75, 3.05) is 26.3 Å². The molecule has 2 aliphatic rings. The first kappa shape index (κ1) is 14.1. The van der Waals surface area contributed by atoms with Crippen molar-refractivity contribution in [3.8, 4) is 0 Å². The normalized spacial score (nSPS) is 26.9. The van der Waals surface area contributed by atoms with E-state index in [0.717, 1.165) is 26.1 Å². The molecular weight excluding hydrogens is 304 g/mol. The SMILES string of the molecule is O=S(=O)(c1[nH]nc2ncccc12)N1CCC(C2CCOC2)C1. The highest BCUT2D eigenvalue weighted by atomic mass is 32.2. The van der Waals surface area contributed by atoms with E-state index in [1.54, 1.807) is 22.6 Å². The number of sulfonamides is 1. The summed E-state index contributed by atoms with van der Waals surface area (Å²) in [5, 5.41) is 7.34. The molecule has 0 radical (unpaired) electrons. The molecule has 2 unspecified atom stereocenters. The van der Waals surface area contributed by atoms with Gasteiger partial charge in [0.15, 0.2) is 10.7 Å². The highest BCUT2D eigenvalue weighted by Crippen LogP contribution is 2.33. The molecule has 2 aliphatic heterocycles. The molecular formula is C14H18N4O3S. The third kappa shape index (κ3) is 2.22. The van der Waals surface area contributed by atoms with Gasteiger partial charge in [0, 0.05) is 32.5 Å². The van der Waals surface area contributed by atoms with E-state index in [-0.39, 0.29) is 5.03 Å². The molecule has 2 atom stereocenters. The van der Waals surface area contributed by atoms with Crippen molar-refractivity contribution in [1.29, 1.82) is 0 Å². The van der Waals surface area contributed by atoms with E-state index in [9.17, 15) is 8.42 Å². The number of fused-ring (bicyclic) bond motifs is 1. The fourth-order valence-corrected chi connectivity index (χ4v) is 5.02. The summed E-state index contributed by atoms with van der Waals surface area (Å²) >= 11 is 0. The number of pyridine rings is 1. The van der Waals surface area contributed by atoms with Crippen LogP contribution in [0.25, 0.3) is 11.0 Å². The van der Waals surface area contributed by atoms with E-state index in [1.807, 2.05) is 0 Å². The molecule has 4 rings (SSSR count). The molecule has 2 aromatic heterocycles. The van der Waals surface area contributed by atoms with Crippen LogP contribution in [0.4, 0.5) is 0 Å². The highest BCUT2D eigenvalue weighted by molar-refractivity contribution is 7.89. The van der Waals surface area contributed by atoms with Gasteiger partial charge >= 0.3 is 0 Å². The zero-order valence-corrected chi connectivity index (χ0v) is 12.9. The molecule has 0 saturated carbocycles. The number of aromatic nitrogens is 3. The molecule has 1 N–H and O–H groups in total. The molecule has 0 aromatic carbocycles. The third-order valence-corrected chi connectivity index (χ3v) is 6.55. The van der Waals surface area contributed by atoms with Crippen molar-refractivity contribution < 1.29 is 13.2 Å². The summed E-state index contributed by atoms with van der Waals surface area (Å²) in [5.41, 5.74) is 0.431. The number of nitrogens with one attached hydrogen (secondary N) is 1. The minimum atomic E-state index is -3.55. The van der Waals surface area contributed by atoms with Gasteiger partial charge in [-0.25, -0.2) is 13.4 Å². The number of H-pyrrole nitrogens is 1. The lowest BCUT2D eigenvalue weighted by Gasteiger charge is -2.18. The first-order valence-electron chi connectivity index (χ1n) is 7.53. The second-order valence-electron chi connectivity index (χ2n) is 5.96. The Balaban J connectivity index is 1.61. The van der Waals surface area contributed by atoms with Crippen molar-refractivity contribution in [2.45, 2.75) is 17.9 Å². The fourth-order valence-electron chi connectivity index (χ4n) is 3.43. The van der Waals surface area contributed by atoms with Gasteiger partial charge in [-0.3, -0.25) is 5.10 Å². The lowest BCUT2D eigenvalue weighted by Crippen LogP contribution is -2.30. The summed E-state index contributed by atoms with van der Waals surface area (Å²) in [6, 6.07) is 3.45. The van der Waals surface area contributed by atoms with Crippen LogP contribution in [0, 0.1) is 11.8 Å². The lowest BCUT2D eigenvalue weighted by atomic mass is 9.91. The molecule has 0 aliphatic carbocycles. The Morgan fingerprint density at radius 2 is 2.23 bits per heavy atom. The van der Waals surface area contributed by atoms with Gasteiger partial charge in [-0.2, -0.15) is 9.40 Å². The Morgan fingerprint density at radius 3 is 3.05 bits per heavy atom. The number of nitrogens with zero attached hydrogens (tertiary/aromatic N) is 3. The van der Waals surface area contributed by atoms with E-state index < -0.39 is 10.0 Å². The zero-order valence-electron chi connectivity index (χ0n) is 12.1. The predicted molar refractivity (Wildman–Crippen MR) is 79.7 cm³/mol. The van der Waals surface area contributed by atoms with Crippen LogP contribution < -0.4 is 0 Å². The molecule has 8 heteroatoms. The maximum atomic E-state index is 12.9. The number of rotatable bonds is 3. The molecule has 2 fully saturated rings. The third-order valence-electron chi connectivity index (χ3n) is 4.71. The van der Waals surface area contributed by atoms with Crippen LogP contribution in [-0.4, -0.2) is 54.2 Å². The molecule has 0 amide bonds. The van der Waals surface area contributed by atoms with Crippen LogP contribution in [0.5, 0.6) is 0 Å². The van der Waals surface area contributed by atoms with E-state index in [0.29, 0.717) is 36.0 Å². The summed E-state index contributed by atoms with van der Waals surface area (Å²) in [7, 11) is -3.55. The summed E-state index contributed by atoms with van der Waals surface area (Å²) in [4.78, 5) is 4.08. The van der Waals surface area contributed by atoms with Crippen LogP contribution in [-0.2, 0) is 14.8 Å². The fraction of sp³-hybridized carbons (Fsp3) is 0.571. The van der Waals surface area contributed by atoms with Gasteiger partial charge in [0.1, 0.15) is 0 Å². The molecule has 118 valence electrons. The van der Waals surface area contributed by atoms with Crippen LogP contribution in [0.1, 0.15) is 12.8 Å². The Labute approximate surface area is 128 Å². The smallest absolute Gasteiger partial charge is 0.260 e. The zero-order chi connectivity index (χ0) is 15.2. The van der Waals surface area contributed by atoms with E-state index in [4.69, 9.17) is 4.74 Å². The van der Waals surface area contributed by atoms with Crippen LogP contribution in [0.2, 0.25) is 0 Å². The Hall–Kier alpha value is -1.51. The maximum Gasteiger partial charge on any atom is 0.260 e. The average Bonchev–Trinajstić information content (AvgIpc) is 3.26. The standard InChI is InChI=1S/C14H18N4O3S/c19-22(20,14-12-2-1-5-15-13(12)16-17-14)18-6-3-10(8-18)11-4-7-21-9-11/h1-2,5,10-11H,3-4,6-9H2,(H,15,16,17). The number of hydrogen-bond donors (Lipinski definition) is 1. The molecule has 2 saturated heterocycles. The minimum absolute atomic E-state index is 0.152. The Kier molecular flexibility index (Phi) is 3.39. The number of hydrogen-bond acceptors (Lipinski definition) is 5. The van der Waals surface area contributed by atoms with Crippen molar-refractivity contribution in [3.63, 3.8) is 0 Å². The van der Waals surface area contributed by atoms with Gasteiger partial charge in [0.25, 0.3) is 10.0 Å². The van der Waals surface area contributed by atoms with E-state index >= 15 is 0 Å². The van der Waals surface area contributed by atoms with Gasteiger partial charge in [0.2, 0.25) is 0 Å². The second kappa shape index (κ2) is 5.29. The quantitative estimate of drug-likeness (QED) is 0.911. The lowest BCUT2D eigenvalue weighted by molar-refractivity contribution is 0.173.